The lowest BCUT2D eigenvalue weighted by atomic mass is 9.95. The molecule has 6 aromatic rings. The van der Waals surface area contributed by atoms with Gasteiger partial charge in [-0.1, -0.05) is 108 Å². The number of anilines is 1. The number of fused-ring (bicyclic) bond motifs is 2. The van der Waals surface area contributed by atoms with Crippen LogP contribution in [0.3, 0.4) is 0 Å². The lowest BCUT2D eigenvalue weighted by molar-refractivity contribution is -0.132. The summed E-state index contributed by atoms with van der Waals surface area (Å²) in [4.78, 5) is 29.1. The Morgan fingerprint density at radius 2 is 1.64 bits per heavy atom. The van der Waals surface area contributed by atoms with Gasteiger partial charge in [-0.25, -0.2) is 0 Å². The summed E-state index contributed by atoms with van der Waals surface area (Å²) < 4.78 is 18.1. The number of hydrogen-bond donors (Lipinski definition) is 1. The van der Waals surface area contributed by atoms with E-state index in [0.29, 0.717) is 58.3 Å². The number of ether oxygens (including phenoxy) is 3. The summed E-state index contributed by atoms with van der Waals surface area (Å²) in [6.45, 7) is 1.10. The third kappa shape index (κ3) is 6.17. The summed E-state index contributed by atoms with van der Waals surface area (Å²) in [5.41, 5.74) is 2.94. The molecule has 2 aliphatic rings. The van der Waals surface area contributed by atoms with Gasteiger partial charge in [0.15, 0.2) is 15.8 Å². The molecule has 1 unspecified atom stereocenters. The Labute approximate surface area is 295 Å². The summed E-state index contributed by atoms with van der Waals surface area (Å²) >= 11 is 2.73. The number of aliphatic hydroxyl groups is 1. The van der Waals surface area contributed by atoms with E-state index in [1.165, 1.54) is 28.0 Å². The number of nitrogens with zero attached hydrogens (tertiary/aromatic N) is 3. The minimum Gasteiger partial charge on any atom is -0.507 e. The first-order chi connectivity index (χ1) is 24.5. The molecule has 1 fully saturated rings. The average Bonchev–Trinajstić information content (AvgIpc) is 3.74. The van der Waals surface area contributed by atoms with Crippen molar-refractivity contribution in [3.05, 3.63) is 143 Å². The lowest BCUT2D eigenvalue weighted by Crippen LogP contribution is -2.29. The van der Waals surface area contributed by atoms with Crippen molar-refractivity contribution in [2.45, 2.75) is 22.7 Å². The molecule has 0 aliphatic carbocycles. The standard InChI is InChI=1S/C39H29N3O6S2/c43-35(27-16-17-31-32(21-27)47-19-18-46-31)33-34(26-12-7-14-29(20-26)48-22-24-8-2-1-3-9-24)42(37(45)36(33)44)38-40-41-39(50-38)49-23-28-13-6-11-25-10-4-5-15-30(25)28/h1-17,20-21,34,43H,18-19,22-23H2/b35-33+. The Kier molecular flexibility index (Phi) is 8.66. The Morgan fingerprint density at radius 1 is 0.860 bits per heavy atom. The summed E-state index contributed by atoms with van der Waals surface area (Å²) in [5.74, 6) is 0.182. The van der Waals surface area contributed by atoms with Gasteiger partial charge in [-0.3, -0.25) is 14.5 Å². The summed E-state index contributed by atoms with van der Waals surface area (Å²) in [7, 11) is 0. The number of rotatable bonds is 9. The number of carbonyl (C=O) groups is 2. The van der Waals surface area contributed by atoms with Crippen molar-refractivity contribution in [1.82, 2.24) is 10.2 Å². The summed E-state index contributed by atoms with van der Waals surface area (Å²) in [6.07, 6.45) is 0. The molecule has 50 heavy (non-hydrogen) atoms. The molecule has 11 heteroatoms. The topological polar surface area (TPSA) is 111 Å². The van der Waals surface area contributed by atoms with Gasteiger partial charge in [-0.15, -0.1) is 10.2 Å². The van der Waals surface area contributed by atoms with Gasteiger partial charge < -0.3 is 19.3 Å². The van der Waals surface area contributed by atoms with E-state index in [2.05, 4.69) is 34.5 Å². The fraction of sp³-hybridized carbons (Fsp3) is 0.128. The van der Waals surface area contributed by atoms with E-state index in [9.17, 15) is 14.7 Å². The highest BCUT2D eigenvalue weighted by molar-refractivity contribution is 8.00. The first kappa shape index (κ1) is 31.6. The van der Waals surface area contributed by atoms with Gasteiger partial charge >= 0.3 is 5.91 Å². The Balaban J connectivity index is 1.15. The molecule has 9 nitrogen and oxygen atoms in total. The monoisotopic (exact) mass is 699 g/mol. The first-order valence-electron chi connectivity index (χ1n) is 15.9. The molecule has 0 saturated carbocycles. The van der Waals surface area contributed by atoms with E-state index < -0.39 is 17.7 Å². The van der Waals surface area contributed by atoms with Crippen molar-refractivity contribution in [3.8, 4) is 17.2 Å². The molecule has 1 N–H and O–H groups in total. The number of thioether (sulfide) groups is 1. The Hall–Kier alpha value is -5.65. The van der Waals surface area contributed by atoms with Crippen molar-refractivity contribution >= 4 is 56.5 Å². The largest absolute Gasteiger partial charge is 0.507 e. The van der Waals surface area contributed by atoms with Crippen LogP contribution in [0.15, 0.2) is 125 Å². The average molecular weight is 700 g/mol. The van der Waals surface area contributed by atoms with Crippen LogP contribution in [0, 0.1) is 0 Å². The highest BCUT2D eigenvalue weighted by Crippen LogP contribution is 2.45. The van der Waals surface area contributed by atoms with E-state index in [1.807, 2.05) is 54.6 Å². The van der Waals surface area contributed by atoms with Gasteiger partial charge in [0, 0.05) is 11.3 Å². The van der Waals surface area contributed by atoms with Crippen LogP contribution in [0.2, 0.25) is 0 Å². The molecule has 1 amide bonds. The zero-order valence-electron chi connectivity index (χ0n) is 26.5. The Morgan fingerprint density at radius 3 is 2.52 bits per heavy atom. The number of benzene rings is 5. The number of ketones is 1. The molecule has 1 aromatic heterocycles. The number of Topliss-reactive ketones (excluding diaryl/α,β-unsaturated/α-hetero) is 1. The van der Waals surface area contributed by atoms with Crippen molar-refractivity contribution in [2.75, 3.05) is 18.1 Å². The molecular formula is C39H29N3O6S2. The zero-order chi connectivity index (χ0) is 34.0. The predicted molar refractivity (Wildman–Crippen MR) is 193 cm³/mol. The van der Waals surface area contributed by atoms with E-state index in [0.717, 1.165) is 21.9 Å². The maximum absolute atomic E-state index is 13.9. The SMILES string of the molecule is O=C1C(=O)N(c2nnc(SCc3cccc4ccccc34)s2)C(c2cccc(OCc3ccccc3)c2)/C1=C(\O)c1ccc2c(c1)OCCO2. The minimum atomic E-state index is -1.01. The second-order valence-electron chi connectivity index (χ2n) is 11.7. The van der Waals surface area contributed by atoms with Gasteiger partial charge in [0.05, 0.1) is 11.6 Å². The zero-order valence-corrected chi connectivity index (χ0v) is 28.2. The van der Waals surface area contributed by atoms with Crippen molar-refractivity contribution in [3.63, 3.8) is 0 Å². The van der Waals surface area contributed by atoms with Crippen LogP contribution < -0.4 is 19.1 Å². The number of aliphatic hydroxyl groups excluding tert-OH is 1. The maximum Gasteiger partial charge on any atom is 0.301 e. The van der Waals surface area contributed by atoms with Gasteiger partial charge in [-0.2, -0.15) is 0 Å². The van der Waals surface area contributed by atoms with Crippen LogP contribution in [0.5, 0.6) is 17.2 Å². The lowest BCUT2D eigenvalue weighted by Gasteiger charge is -2.23. The van der Waals surface area contributed by atoms with E-state index in [4.69, 9.17) is 14.2 Å². The van der Waals surface area contributed by atoms with Gasteiger partial charge in [0.1, 0.15) is 31.3 Å². The van der Waals surface area contributed by atoms with E-state index in [-0.39, 0.29) is 16.5 Å². The smallest absolute Gasteiger partial charge is 0.301 e. The quantitative estimate of drug-likeness (QED) is 0.0528. The van der Waals surface area contributed by atoms with Crippen LogP contribution in [-0.2, 0) is 21.9 Å². The fourth-order valence-electron chi connectivity index (χ4n) is 6.12. The normalized spacial score (nSPS) is 16.6. The predicted octanol–water partition coefficient (Wildman–Crippen LogP) is 7.96. The molecule has 1 saturated heterocycles. The molecule has 0 radical (unpaired) electrons. The van der Waals surface area contributed by atoms with Gasteiger partial charge in [0.2, 0.25) is 5.13 Å². The van der Waals surface area contributed by atoms with E-state index in [1.54, 1.807) is 36.4 Å². The highest BCUT2D eigenvalue weighted by Gasteiger charge is 2.48. The molecule has 3 heterocycles. The Bertz CT molecular complexity index is 2270. The van der Waals surface area contributed by atoms with Crippen LogP contribution in [0.25, 0.3) is 16.5 Å². The van der Waals surface area contributed by atoms with Crippen LogP contribution in [-0.4, -0.2) is 40.2 Å². The van der Waals surface area contributed by atoms with Crippen molar-refractivity contribution in [2.24, 2.45) is 0 Å². The van der Waals surface area contributed by atoms with Crippen molar-refractivity contribution < 1.29 is 28.9 Å². The number of aromatic nitrogens is 2. The molecule has 5 aromatic carbocycles. The summed E-state index contributed by atoms with van der Waals surface area (Å²) in [5, 5.41) is 23.1. The van der Waals surface area contributed by atoms with Crippen molar-refractivity contribution in [1.29, 1.82) is 0 Å². The third-order valence-corrected chi connectivity index (χ3v) is 10.6. The molecule has 8 rings (SSSR count). The minimum absolute atomic E-state index is 0.0768. The fourth-order valence-corrected chi connectivity index (χ4v) is 7.99. The summed E-state index contributed by atoms with van der Waals surface area (Å²) in [6, 6.07) is 35.3. The number of carbonyl (C=O) groups excluding carboxylic acids is 2. The molecule has 0 spiro atoms. The number of amides is 1. The first-order valence-corrected chi connectivity index (χ1v) is 17.7. The third-order valence-electron chi connectivity index (χ3n) is 8.52. The van der Waals surface area contributed by atoms with Crippen LogP contribution >= 0.6 is 23.1 Å². The molecule has 0 bridgehead atoms. The van der Waals surface area contributed by atoms with Gasteiger partial charge in [0.25, 0.3) is 5.78 Å². The van der Waals surface area contributed by atoms with Crippen LogP contribution in [0.4, 0.5) is 5.13 Å². The molecule has 2 aliphatic heterocycles. The van der Waals surface area contributed by atoms with Crippen LogP contribution in [0.1, 0.15) is 28.3 Å². The maximum atomic E-state index is 13.9. The molecule has 1 atom stereocenters. The molecular weight excluding hydrogens is 671 g/mol. The highest BCUT2D eigenvalue weighted by atomic mass is 32.2. The van der Waals surface area contributed by atoms with Gasteiger partial charge in [-0.05, 0) is 57.8 Å². The van der Waals surface area contributed by atoms with E-state index >= 15 is 0 Å². The number of hydrogen-bond acceptors (Lipinski definition) is 10. The molecule has 248 valence electrons. The second kappa shape index (κ2) is 13.7. The second-order valence-corrected chi connectivity index (χ2v) is 13.8.